The molecule has 0 aliphatic rings. The second kappa shape index (κ2) is 11.8. The lowest BCUT2D eigenvalue weighted by atomic mass is 9.92. The van der Waals surface area contributed by atoms with Crippen molar-refractivity contribution in [3.05, 3.63) is 83.4 Å². The summed E-state index contributed by atoms with van der Waals surface area (Å²) in [5, 5.41) is 6.56. The van der Waals surface area contributed by atoms with Gasteiger partial charge in [-0.2, -0.15) is 0 Å². The van der Waals surface area contributed by atoms with Crippen LogP contribution < -0.4 is 16.4 Å². The van der Waals surface area contributed by atoms with Gasteiger partial charge in [0, 0.05) is 44.8 Å². The van der Waals surface area contributed by atoms with Gasteiger partial charge in [-0.1, -0.05) is 24.3 Å². The zero-order valence-electron chi connectivity index (χ0n) is 18.1. The lowest BCUT2D eigenvalue weighted by Crippen LogP contribution is -2.24. The van der Waals surface area contributed by atoms with Gasteiger partial charge in [-0.3, -0.25) is 9.78 Å². The maximum absolute atomic E-state index is 13.5. The minimum Gasteiger partial charge on any atom is -0.385 e. The highest BCUT2D eigenvalue weighted by atomic mass is 19.1. The number of amides is 1. The molecular weight excluding hydrogens is 409 g/mol. The number of halogens is 1. The number of pyridine rings is 2. The van der Waals surface area contributed by atoms with E-state index in [1.54, 1.807) is 31.6 Å². The Morgan fingerprint density at radius 3 is 2.75 bits per heavy atom. The molecule has 0 saturated heterocycles. The Hall–Kier alpha value is -3.52. The molecule has 7 nitrogen and oxygen atoms in total. The van der Waals surface area contributed by atoms with Gasteiger partial charge in [-0.25, -0.2) is 9.37 Å². The fraction of sp³-hybridized carbons (Fsp3) is 0.292. The van der Waals surface area contributed by atoms with Gasteiger partial charge in [0.25, 0.3) is 0 Å². The first-order valence-corrected chi connectivity index (χ1v) is 10.5. The van der Waals surface area contributed by atoms with Gasteiger partial charge >= 0.3 is 0 Å². The van der Waals surface area contributed by atoms with Crippen LogP contribution in [0.15, 0.2) is 60.9 Å². The molecule has 1 unspecified atom stereocenters. The van der Waals surface area contributed by atoms with E-state index in [9.17, 15) is 9.18 Å². The van der Waals surface area contributed by atoms with Crippen molar-refractivity contribution in [2.24, 2.45) is 5.73 Å². The third-order valence-corrected chi connectivity index (χ3v) is 4.97. The van der Waals surface area contributed by atoms with Crippen molar-refractivity contribution < 1.29 is 13.9 Å². The fourth-order valence-electron chi connectivity index (χ4n) is 3.44. The fourth-order valence-corrected chi connectivity index (χ4v) is 3.44. The van der Waals surface area contributed by atoms with Crippen molar-refractivity contribution in [2.45, 2.75) is 18.8 Å². The van der Waals surface area contributed by atoms with Gasteiger partial charge in [0.15, 0.2) is 0 Å². The molecule has 168 valence electrons. The number of aromatic nitrogens is 2. The van der Waals surface area contributed by atoms with E-state index in [1.807, 2.05) is 24.3 Å². The summed E-state index contributed by atoms with van der Waals surface area (Å²) in [6, 6.07) is 13.7. The Balaban J connectivity index is 1.84. The molecule has 4 N–H and O–H groups in total. The van der Waals surface area contributed by atoms with Gasteiger partial charge in [-0.05, 0) is 48.2 Å². The molecule has 1 atom stereocenters. The van der Waals surface area contributed by atoms with E-state index in [0.717, 1.165) is 12.0 Å². The van der Waals surface area contributed by atoms with Crippen LogP contribution in [0.5, 0.6) is 0 Å². The Labute approximate surface area is 187 Å². The Bertz CT molecular complexity index is 1020. The number of methoxy groups -OCH3 is 1. The Morgan fingerprint density at radius 2 is 2.03 bits per heavy atom. The molecule has 2 heterocycles. The third-order valence-electron chi connectivity index (χ3n) is 4.97. The number of hydrogen-bond acceptors (Lipinski definition) is 6. The average Bonchev–Trinajstić information content (AvgIpc) is 2.79. The number of carbonyl (C=O) groups excluding carboxylic acids is 1. The maximum Gasteiger partial charge on any atom is 0.229 e. The SMILES string of the molecule is COCCCNc1ccc(C(C(N)=O)c2cccnc2)c(NCCc2cccc(F)c2)n1. The van der Waals surface area contributed by atoms with Crippen LogP contribution in [0, 0.1) is 5.82 Å². The van der Waals surface area contributed by atoms with E-state index in [1.165, 1.54) is 12.1 Å². The summed E-state index contributed by atoms with van der Waals surface area (Å²) < 4.78 is 18.6. The highest BCUT2D eigenvalue weighted by Crippen LogP contribution is 2.30. The number of carbonyl (C=O) groups is 1. The average molecular weight is 438 g/mol. The van der Waals surface area contributed by atoms with Gasteiger partial charge in [0.1, 0.15) is 17.5 Å². The first-order valence-electron chi connectivity index (χ1n) is 10.5. The summed E-state index contributed by atoms with van der Waals surface area (Å²) >= 11 is 0. The summed E-state index contributed by atoms with van der Waals surface area (Å²) in [6.07, 6.45) is 4.70. The number of nitrogens with two attached hydrogens (primary N) is 1. The molecule has 0 fully saturated rings. The zero-order chi connectivity index (χ0) is 22.8. The molecule has 0 radical (unpaired) electrons. The summed E-state index contributed by atoms with van der Waals surface area (Å²) in [6.45, 7) is 1.86. The molecule has 0 aliphatic carbocycles. The summed E-state index contributed by atoms with van der Waals surface area (Å²) in [7, 11) is 1.66. The van der Waals surface area contributed by atoms with Crippen LogP contribution in [0.3, 0.4) is 0 Å². The third kappa shape index (κ3) is 6.49. The minimum atomic E-state index is -0.699. The quantitative estimate of drug-likeness (QED) is 0.376. The van der Waals surface area contributed by atoms with Crippen LogP contribution in [-0.4, -0.2) is 42.7 Å². The van der Waals surface area contributed by atoms with Gasteiger partial charge in [0.05, 0.1) is 5.92 Å². The van der Waals surface area contributed by atoms with E-state index in [0.29, 0.717) is 48.9 Å². The van der Waals surface area contributed by atoms with E-state index in [2.05, 4.69) is 20.6 Å². The number of rotatable bonds is 12. The van der Waals surface area contributed by atoms with E-state index in [-0.39, 0.29) is 5.82 Å². The monoisotopic (exact) mass is 437 g/mol. The standard InChI is InChI=1S/C24H28FN5O2/c1-32-14-4-12-28-21-9-8-20(22(23(26)31)18-6-3-11-27-16-18)24(30-21)29-13-10-17-5-2-7-19(25)15-17/h2-3,5-9,11,15-16,22H,4,10,12-14H2,1H3,(H2,26,31)(H2,28,29,30). The highest BCUT2D eigenvalue weighted by molar-refractivity contribution is 5.87. The normalized spacial score (nSPS) is 11.7. The molecule has 0 spiro atoms. The predicted octanol–water partition coefficient (Wildman–Crippen LogP) is 3.34. The number of benzene rings is 1. The second-order valence-electron chi connectivity index (χ2n) is 7.34. The lowest BCUT2D eigenvalue weighted by molar-refractivity contribution is -0.118. The predicted molar refractivity (Wildman–Crippen MR) is 123 cm³/mol. The molecule has 1 aromatic carbocycles. The van der Waals surface area contributed by atoms with Crippen LogP contribution in [-0.2, 0) is 16.0 Å². The molecule has 32 heavy (non-hydrogen) atoms. The number of ether oxygens (including phenoxy) is 1. The topological polar surface area (TPSA) is 102 Å². The van der Waals surface area contributed by atoms with E-state index < -0.39 is 11.8 Å². The molecule has 2 aromatic heterocycles. The van der Waals surface area contributed by atoms with Crippen LogP contribution in [0.25, 0.3) is 0 Å². The van der Waals surface area contributed by atoms with Crippen LogP contribution >= 0.6 is 0 Å². The van der Waals surface area contributed by atoms with E-state index >= 15 is 0 Å². The van der Waals surface area contributed by atoms with Crippen LogP contribution in [0.4, 0.5) is 16.0 Å². The van der Waals surface area contributed by atoms with Crippen molar-refractivity contribution in [1.29, 1.82) is 0 Å². The molecule has 8 heteroatoms. The zero-order valence-corrected chi connectivity index (χ0v) is 18.1. The highest BCUT2D eigenvalue weighted by Gasteiger charge is 2.24. The Morgan fingerprint density at radius 1 is 1.16 bits per heavy atom. The van der Waals surface area contributed by atoms with Crippen LogP contribution in [0.1, 0.15) is 29.0 Å². The molecule has 0 saturated carbocycles. The number of primary amides is 1. The van der Waals surface area contributed by atoms with Gasteiger partial charge < -0.3 is 21.1 Å². The molecule has 1 amide bonds. The molecule has 0 bridgehead atoms. The minimum absolute atomic E-state index is 0.269. The largest absolute Gasteiger partial charge is 0.385 e. The molecule has 3 aromatic rings. The molecule has 0 aliphatic heterocycles. The van der Waals surface area contributed by atoms with Crippen molar-refractivity contribution in [2.75, 3.05) is 37.4 Å². The van der Waals surface area contributed by atoms with Crippen LogP contribution in [0.2, 0.25) is 0 Å². The summed E-state index contributed by atoms with van der Waals surface area (Å²) in [5.74, 6) is -0.239. The number of anilines is 2. The van der Waals surface area contributed by atoms with Crippen molar-refractivity contribution in [3.8, 4) is 0 Å². The van der Waals surface area contributed by atoms with Crippen molar-refractivity contribution in [1.82, 2.24) is 9.97 Å². The number of hydrogen-bond donors (Lipinski definition) is 3. The number of nitrogens with one attached hydrogen (secondary N) is 2. The summed E-state index contributed by atoms with van der Waals surface area (Å²) in [4.78, 5) is 21.2. The smallest absolute Gasteiger partial charge is 0.229 e. The first kappa shape index (κ1) is 23.1. The molecular formula is C24H28FN5O2. The van der Waals surface area contributed by atoms with E-state index in [4.69, 9.17) is 10.5 Å². The molecule has 3 rings (SSSR count). The van der Waals surface area contributed by atoms with Gasteiger partial charge in [-0.15, -0.1) is 0 Å². The second-order valence-corrected chi connectivity index (χ2v) is 7.34. The number of nitrogens with zero attached hydrogens (tertiary/aromatic N) is 2. The van der Waals surface area contributed by atoms with Gasteiger partial charge in [0.2, 0.25) is 5.91 Å². The maximum atomic E-state index is 13.5. The van der Waals surface area contributed by atoms with Crippen molar-refractivity contribution in [3.63, 3.8) is 0 Å². The first-order chi connectivity index (χ1) is 15.6. The van der Waals surface area contributed by atoms with Crippen molar-refractivity contribution >= 4 is 17.5 Å². The Kier molecular flexibility index (Phi) is 8.51. The lowest BCUT2D eigenvalue weighted by Gasteiger charge is -2.19. The summed E-state index contributed by atoms with van der Waals surface area (Å²) in [5.41, 5.74) is 7.98.